The minimum Gasteiger partial charge on any atom is -0.479 e. The van der Waals surface area contributed by atoms with Gasteiger partial charge in [-0.25, -0.2) is 4.79 Å². The monoisotopic (exact) mass is 217 g/mol. The van der Waals surface area contributed by atoms with Crippen molar-refractivity contribution < 1.29 is 24.9 Å². The van der Waals surface area contributed by atoms with E-state index in [1.165, 1.54) is 4.90 Å². The number of carbonyl (C=O) groups excluding carboxylic acids is 1. The number of carboxylic acid groups (broad SMARTS) is 1. The Morgan fingerprint density at radius 1 is 1.00 bits per heavy atom. The van der Waals surface area contributed by atoms with Crippen LogP contribution in [0.1, 0.15) is 19.3 Å². The van der Waals surface area contributed by atoms with E-state index in [1.807, 2.05) is 0 Å². The van der Waals surface area contributed by atoms with Crippen LogP contribution in [0.25, 0.3) is 0 Å². The predicted molar refractivity (Wildman–Crippen MR) is 50.1 cm³/mol. The van der Waals surface area contributed by atoms with Crippen molar-refractivity contribution >= 4 is 11.9 Å². The number of carboxylic acids is 1. The number of likely N-dealkylation sites (tertiary alicyclic amines) is 1. The molecule has 1 aliphatic rings. The third-order valence-corrected chi connectivity index (χ3v) is 2.47. The minimum atomic E-state index is -2.04. The highest BCUT2D eigenvalue weighted by molar-refractivity contribution is 5.87. The number of aliphatic hydroxyl groups excluding tert-OH is 2. The van der Waals surface area contributed by atoms with Gasteiger partial charge in [0.1, 0.15) is 0 Å². The normalized spacial score (nSPS) is 20.8. The molecule has 0 aromatic heterocycles. The molecule has 15 heavy (non-hydrogen) atoms. The molecule has 6 heteroatoms. The fourth-order valence-electron chi connectivity index (χ4n) is 1.57. The molecule has 0 aliphatic carbocycles. The number of aliphatic carboxylic acids is 1. The van der Waals surface area contributed by atoms with Crippen molar-refractivity contribution in [2.75, 3.05) is 13.1 Å². The first-order valence-electron chi connectivity index (χ1n) is 4.91. The topological polar surface area (TPSA) is 98.1 Å². The molecule has 0 spiro atoms. The lowest BCUT2D eigenvalue weighted by Gasteiger charge is -2.29. The summed E-state index contributed by atoms with van der Waals surface area (Å²) in [7, 11) is 0. The Bertz CT molecular complexity index is 249. The average molecular weight is 217 g/mol. The number of hydrogen-bond donors (Lipinski definition) is 3. The zero-order valence-corrected chi connectivity index (χ0v) is 8.30. The molecule has 0 bridgehead atoms. The van der Waals surface area contributed by atoms with Gasteiger partial charge in [-0.05, 0) is 19.3 Å². The van der Waals surface area contributed by atoms with Crippen molar-refractivity contribution in [2.24, 2.45) is 0 Å². The predicted octanol–water partition coefficient (Wildman–Crippen LogP) is -1.19. The molecule has 1 heterocycles. The fraction of sp³-hybridized carbons (Fsp3) is 0.778. The van der Waals surface area contributed by atoms with Crippen LogP contribution >= 0.6 is 0 Å². The number of rotatable bonds is 3. The number of aliphatic hydroxyl groups is 2. The molecule has 6 nitrogen and oxygen atoms in total. The highest BCUT2D eigenvalue weighted by Crippen LogP contribution is 2.11. The Balaban J connectivity index is 2.54. The molecular formula is C9H15NO5. The van der Waals surface area contributed by atoms with Gasteiger partial charge in [0, 0.05) is 13.1 Å². The second-order valence-corrected chi connectivity index (χ2v) is 3.61. The fourth-order valence-corrected chi connectivity index (χ4v) is 1.57. The van der Waals surface area contributed by atoms with E-state index >= 15 is 0 Å². The van der Waals surface area contributed by atoms with Crippen molar-refractivity contribution in [3.05, 3.63) is 0 Å². The van der Waals surface area contributed by atoms with Crippen LogP contribution in [0.3, 0.4) is 0 Å². The molecule has 3 N–H and O–H groups in total. The zero-order valence-electron chi connectivity index (χ0n) is 8.30. The van der Waals surface area contributed by atoms with E-state index in [2.05, 4.69) is 0 Å². The molecule has 86 valence electrons. The summed E-state index contributed by atoms with van der Waals surface area (Å²) in [5.41, 5.74) is 0. The van der Waals surface area contributed by atoms with Gasteiger partial charge in [-0.3, -0.25) is 4.79 Å². The molecule has 0 unspecified atom stereocenters. The highest BCUT2D eigenvalue weighted by Gasteiger charge is 2.33. The number of carbonyl (C=O) groups is 2. The summed E-state index contributed by atoms with van der Waals surface area (Å²) in [6, 6.07) is 0. The largest absolute Gasteiger partial charge is 0.479 e. The first-order valence-corrected chi connectivity index (χ1v) is 4.91. The van der Waals surface area contributed by atoms with Crippen LogP contribution < -0.4 is 0 Å². The van der Waals surface area contributed by atoms with E-state index in [1.54, 1.807) is 0 Å². The quantitative estimate of drug-likeness (QED) is 0.552. The molecule has 0 aromatic carbocycles. The molecule has 0 aromatic rings. The molecule has 2 atom stereocenters. The number of amides is 1. The summed E-state index contributed by atoms with van der Waals surface area (Å²) < 4.78 is 0. The number of piperidine rings is 1. The molecule has 1 fully saturated rings. The molecule has 1 saturated heterocycles. The lowest BCUT2D eigenvalue weighted by molar-refractivity contribution is -0.162. The van der Waals surface area contributed by atoms with Gasteiger partial charge in [-0.1, -0.05) is 0 Å². The summed E-state index contributed by atoms with van der Waals surface area (Å²) in [4.78, 5) is 23.2. The van der Waals surface area contributed by atoms with Gasteiger partial charge in [0.15, 0.2) is 12.2 Å². The third-order valence-electron chi connectivity index (χ3n) is 2.47. The molecule has 0 saturated carbocycles. The van der Waals surface area contributed by atoms with E-state index in [9.17, 15) is 14.7 Å². The Kier molecular flexibility index (Phi) is 4.05. The van der Waals surface area contributed by atoms with Crippen LogP contribution in [0, 0.1) is 0 Å². The molecular weight excluding hydrogens is 202 g/mol. The first kappa shape index (κ1) is 11.9. The molecule has 1 rings (SSSR count). The van der Waals surface area contributed by atoms with E-state index < -0.39 is 24.1 Å². The second kappa shape index (κ2) is 5.09. The summed E-state index contributed by atoms with van der Waals surface area (Å²) in [6.07, 6.45) is -1.18. The molecule has 1 amide bonds. The SMILES string of the molecule is O=C(O)[C@H](O)[C@@H](O)C(=O)N1CCCCC1. The summed E-state index contributed by atoms with van der Waals surface area (Å²) >= 11 is 0. The zero-order chi connectivity index (χ0) is 11.4. The van der Waals surface area contributed by atoms with Crippen LogP contribution in [0.15, 0.2) is 0 Å². The van der Waals surface area contributed by atoms with Crippen molar-refractivity contribution in [1.82, 2.24) is 4.90 Å². The van der Waals surface area contributed by atoms with Gasteiger partial charge in [0.05, 0.1) is 0 Å². The summed E-state index contributed by atoms with van der Waals surface area (Å²) in [5, 5.41) is 26.7. The number of hydrogen-bond acceptors (Lipinski definition) is 4. The van der Waals surface area contributed by atoms with Crippen LogP contribution in [-0.2, 0) is 9.59 Å². The number of nitrogens with zero attached hydrogens (tertiary/aromatic N) is 1. The van der Waals surface area contributed by atoms with Crippen LogP contribution in [0.5, 0.6) is 0 Å². The second-order valence-electron chi connectivity index (χ2n) is 3.61. The van der Waals surface area contributed by atoms with Gasteiger partial charge >= 0.3 is 5.97 Å². The highest BCUT2D eigenvalue weighted by atomic mass is 16.4. The molecule has 1 aliphatic heterocycles. The van der Waals surface area contributed by atoms with Gasteiger partial charge in [-0.2, -0.15) is 0 Å². The van der Waals surface area contributed by atoms with Crippen molar-refractivity contribution in [3.63, 3.8) is 0 Å². The Hall–Kier alpha value is -1.14. The third kappa shape index (κ3) is 2.90. The first-order chi connectivity index (χ1) is 7.04. The van der Waals surface area contributed by atoms with Crippen LogP contribution in [-0.4, -0.2) is 57.4 Å². The van der Waals surface area contributed by atoms with Crippen LogP contribution in [0.2, 0.25) is 0 Å². The standard InChI is InChI=1S/C9H15NO5/c11-6(7(12)9(14)15)8(13)10-4-2-1-3-5-10/h6-7,11-12H,1-5H2,(H,14,15)/t6-,7-/m1/s1. The minimum absolute atomic E-state index is 0.516. The Morgan fingerprint density at radius 3 is 2.00 bits per heavy atom. The van der Waals surface area contributed by atoms with E-state index in [0.29, 0.717) is 13.1 Å². The maximum absolute atomic E-state index is 11.5. The van der Waals surface area contributed by atoms with Crippen molar-refractivity contribution in [3.8, 4) is 0 Å². The summed E-state index contributed by atoms with van der Waals surface area (Å²) in [6.45, 7) is 1.03. The van der Waals surface area contributed by atoms with Gasteiger partial charge < -0.3 is 20.2 Å². The lowest BCUT2D eigenvalue weighted by Crippen LogP contribution is -2.49. The average Bonchev–Trinajstić information content (AvgIpc) is 2.27. The van der Waals surface area contributed by atoms with E-state index in [-0.39, 0.29) is 0 Å². The molecule has 0 radical (unpaired) electrons. The maximum atomic E-state index is 11.5. The maximum Gasteiger partial charge on any atom is 0.335 e. The van der Waals surface area contributed by atoms with Crippen molar-refractivity contribution in [1.29, 1.82) is 0 Å². The van der Waals surface area contributed by atoms with E-state index in [0.717, 1.165) is 19.3 Å². The Morgan fingerprint density at radius 2 is 1.53 bits per heavy atom. The van der Waals surface area contributed by atoms with Gasteiger partial charge in [0.25, 0.3) is 5.91 Å². The van der Waals surface area contributed by atoms with Crippen molar-refractivity contribution in [2.45, 2.75) is 31.5 Å². The van der Waals surface area contributed by atoms with Gasteiger partial charge in [0.2, 0.25) is 0 Å². The van der Waals surface area contributed by atoms with Crippen LogP contribution in [0.4, 0.5) is 0 Å². The lowest BCUT2D eigenvalue weighted by atomic mass is 10.1. The Labute approximate surface area is 87.1 Å². The summed E-state index contributed by atoms with van der Waals surface area (Å²) in [5.74, 6) is -2.29. The van der Waals surface area contributed by atoms with Gasteiger partial charge in [-0.15, -0.1) is 0 Å². The smallest absolute Gasteiger partial charge is 0.335 e. The van der Waals surface area contributed by atoms with E-state index in [4.69, 9.17) is 10.2 Å².